The van der Waals surface area contributed by atoms with E-state index in [2.05, 4.69) is 4.98 Å². The summed E-state index contributed by atoms with van der Waals surface area (Å²) in [5, 5.41) is 9.04. The van der Waals surface area contributed by atoms with E-state index in [1.54, 1.807) is 37.7 Å². The van der Waals surface area contributed by atoms with Gasteiger partial charge in [-0.2, -0.15) is 0 Å². The smallest absolute Gasteiger partial charge is 0.335 e. The predicted molar refractivity (Wildman–Crippen MR) is 69.7 cm³/mol. The van der Waals surface area contributed by atoms with Gasteiger partial charge in [0.1, 0.15) is 11.5 Å². The number of rotatable bonds is 4. The average molecular weight is 259 g/mol. The Bertz CT molecular complexity index is 610. The summed E-state index contributed by atoms with van der Waals surface area (Å²) in [5.41, 5.74) is 1.59. The number of carbonyl (C=O) groups is 1. The topological polar surface area (TPSA) is 68.7 Å². The van der Waals surface area contributed by atoms with Crippen LogP contribution in [0.5, 0.6) is 11.5 Å². The molecule has 0 saturated heterocycles. The number of methoxy groups -OCH3 is 2. The van der Waals surface area contributed by atoms with Crippen molar-refractivity contribution in [1.29, 1.82) is 0 Å². The predicted octanol–water partition coefficient (Wildman–Crippen LogP) is 2.46. The maximum Gasteiger partial charge on any atom is 0.335 e. The van der Waals surface area contributed by atoms with Crippen molar-refractivity contribution in [3.05, 3.63) is 42.2 Å². The lowest BCUT2D eigenvalue weighted by Crippen LogP contribution is -1.98. The number of aromatic nitrogens is 1. The van der Waals surface area contributed by atoms with Crippen LogP contribution in [-0.2, 0) is 0 Å². The summed E-state index contributed by atoms with van der Waals surface area (Å²) in [5.74, 6) is 0.195. The molecule has 19 heavy (non-hydrogen) atoms. The molecule has 1 N–H and O–H groups in total. The Morgan fingerprint density at radius 2 is 1.95 bits per heavy atom. The quantitative estimate of drug-likeness (QED) is 0.913. The maximum atomic E-state index is 11.0. The van der Waals surface area contributed by atoms with Crippen molar-refractivity contribution in [1.82, 2.24) is 4.98 Å². The van der Waals surface area contributed by atoms with E-state index in [0.717, 1.165) is 5.56 Å². The van der Waals surface area contributed by atoms with Crippen molar-refractivity contribution in [3.63, 3.8) is 0 Å². The Kier molecular flexibility index (Phi) is 3.66. The molecular weight excluding hydrogens is 246 g/mol. The van der Waals surface area contributed by atoms with Gasteiger partial charge in [-0.15, -0.1) is 0 Å². The van der Waals surface area contributed by atoms with E-state index in [-0.39, 0.29) is 5.56 Å². The molecule has 1 heterocycles. The number of hydrogen-bond donors (Lipinski definition) is 1. The minimum atomic E-state index is -0.986. The van der Waals surface area contributed by atoms with Crippen molar-refractivity contribution in [2.24, 2.45) is 0 Å². The van der Waals surface area contributed by atoms with E-state index in [1.165, 1.54) is 13.2 Å². The first-order valence-electron chi connectivity index (χ1n) is 5.56. The van der Waals surface area contributed by atoms with Gasteiger partial charge in [-0.1, -0.05) is 0 Å². The number of benzene rings is 1. The molecule has 0 fully saturated rings. The van der Waals surface area contributed by atoms with Crippen LogP contribution in [0.25, 0.3) is 11.1 Å². The van der Waals surface area contributed by atoms with Gasteiger partial charge in [-0.25, -0.2) is 4.79 Å². The number of carboxylic acid groups (broad SMARTS) is 1. The fraction of sp³-hybridized carbons (Fsp3) is 0.143. The van der Waals surface area contributed by atoms with Gasteiger partial charge in [0.15, 0.2) is 0 Å². The fourth-order valence-corrected chi connectivity index (χ4v) is 1.74. The van der Waals surface area contributed by atoms with Gasteiger partial charge >= 0.3 is 5.97 Å². The Labute approximate surface area is 110 Å². The van der Waals surface area contributed by atoms with Crippen molar-refractivity contribution < 1.29 is 19.4 Å². The lowest BCUT2D eigenvalue weighted by Gasteiger charge is -2.10. The van der Waals surface area contributed by atoms with Crippen LogP contribution in [0.15, 0.2) is 36.7 Å². The van der Waals surface area contributed by atoms with Crippen LogP contribution in [0, 0.1) is 0 Å². The first kappa shape index (κ1) is 12.9. The zero-order valence-corrected chi connectivity index (χ0v) is 10.6. The first-order valence-corrected chi connectivity index (χ1v) is 5.56. The average Bonchev–Trinajstić information content (AvgIpc) is 2.46. The minimum Gasteiger partial charge on any atom is -0.496 e. The normalized spacial score (nSPS) is 10.0. The molecular formula is C14H13NO4. The molecule has 0 atom stereocenters. The van der Waals surface area contributed by atoms with E-state index >= 15 is 0 Å². The summed E-state index contributed by atoms with van der Waals surface area (Å²) < 4.78 is 10.4. The van der Waals surface area contributed by atoms with Crippen molar-refractivity contribution in [3.8, 4) is 22.6 Å². The lowest BCUT2D eigenvalue weighted by atomic mass is 10.0. The molecule has 1 aromatic carbocycles. The van der Waals surface area contributed by atoms with E-state index in [1.807, 2.05) is 0 Å². The molecule has 0 radical (unpaired) electrons. The summed E-state index contributed by atoms with van der Waals surface area (Å²) in [4.78, 5) is 15.1. The number of carboxylic acids is 1. The summed E-state index contributed by atoms with van der Waals surface area (Å²) in [7, 11) is 3.08. The molecule has 0 bridgehead atoms. The minimum absolute atomic E-state index is 0.193. The van der Waals surface area contributed by atoms with Gasteiger partial charge in [-0.05, 0) is 24.3 Å². The lowest BCUT2D eigenvalue weighted by molar-refractivity contribution is 0.0697. The van der Waals surface area contributed by atoms with Crippen LogP contribution < -0.4 is 9.47 Å². The molecule has 5 heteroatoms. The molecule has 0 aliphatic heterocycles. The van der Waals surface area contributed by atoms with Crippen LogP contribution >= 0.6 is 0 Å². The molecule has 0 aliphatic rings. The van der Waals surface area contributed by atoms with Crippen LogP contribution in [0.4, 0.5) is 0 Å². The summed E-state index contributed by atoms with van der Waals surface area (Å²) in [6, 6.07) is 6.45. The molecule has 2 rings (SSSR count). The van der Waals surface area contributed by atoms with Gasteiger partial charge in [0, 0.05) is 17.3 Å². The van der Waals surface area contributed by atoms with Crippen LogP contribution in [0.2, 0.25) is 0 Å². The van der Waals surface area contributed by atoms with E-state index < -0.39 is 5.97 Å². The third-order valence-corrected chi connectivity index (χ3v) is 2.71. The van der Waals surface area contributed by atoms with Crippen molar-refractivity contribution >= 4 is 5.97 Å². The van der Waals surface area contributed by atoms with Crippen molar-refractivity contribution in [2.45, 2.75) is 0 Å². The second kappa shape index (κ2) is 5.39. The SMILES string of the molecule is COc1cncc(-c2cc(C(=O)O)ccc2OC)c1. The maximum absolute atomic E-state index is 11.0. The monoisotopic (exact) mass is 259 g/mol. The summed E-state index contributed by atoms with van der Waals surface area (Å²) >= 11 is 0. The highest BCUT2D eigenvalue weighted by molar-refractivity contribution is 5.90. The molecule has 5 nitrogen and oxygen atoms in total. The second-order valence-electron chi connectivity index (χ2n) is 3.83. The third-order valence-electron chi connectivity index (χ3n) is 2.71. The third kappa shape index (κ3) is 2.65. The van der Waals surface area contributed by atoms with E-state index in [9.17, 15) is 4.79 Å². The fourth-order valence-electron chi connectivity index (χ4n) is 1.74. The largest absolute Gasteiger partial charge is 0.496 e. The molecule has 2 aromatic rings. The van der Waals surface area contributed by atoms with E-state index in [4.69, 9.17) is 14.6 Å². The Morgan fingerprint density at radius 3 is 2.58 bits per heavy atom. The molecule has 0 spiro atoms. The molecule has 0 saturated carbocycles. The Morgan fingerprint density at radius 1 is 1.16 bits per heavy atom. The Balaban J connectivity index is 2.57. The van der Waals surface area contributed by atoms with E-state index in [0.29, 0.717) is 17.1 Å². The summed E-state index contributed by atoms with van der Waals surface area (Å²) in [6.07, 6.45) is 3.21. The highest BCUT2D eigenvalue weighted by atomic mass is 16.5. The molecule has 1 aromatic heterocycles. The zero-order valence-electron chi connectivity index (χ0n) is 10.6. The highest BCUT2D eigenvalue weighted by Crippen LogP contribution is 2.32. The number of pyridine rings is 1. The Hall–Kier alpha value is -2.56. The second-order valence-corrected chi connectivity index (χ2v) is 3.83. The highest BCUT2D eigenvalue weighted by Gasteiger charge is 2.11. The number of aromatic carboxylic acids is 1. The van der Waals surface area contributed by atoms with Crippen molar-refractivity contribution in [2.75, 3.05) is 14.2 Å². The zero-order chi connectivity index (χ0) is 13.8. The van der Waals surface area contributed by atoms with Crippen LogP contribution in [-0.4, -0.2) is 30.3 Å². The molecule has 0 unspecified atom stereocenters. The molecule has 98 valence electrons. The number of ether oxygens (including phenoxy) is 2. The van der Waals surface area contributed by atoms with Gasteiger partial charge in [0.2, 0.25) is 0 Å². The van der Waals surface area contributed by atoms with Crippen LogP contribution in [0.1, 0.15) is 10.4 Å². The summed E-state index contributed by atoms with van der Waals surface area (Å²) in [6.45, 7) is 0. The standard InChI is InChI=1S/C14H13NO4/c1-18-11-5-10(7-15-8-11)12-6-9(14(16)17)3-4-13(12)19-2/h3-8H,1-2H3,(H,16,17). The number of nitrogens with zero attached hydrogens (tertiary/aromatic N) is 1. The number of hydrogen-bond acceptors (Lipinski definition) is 4. The van der Waals surface area contributed by atoms with Gasteiger partial charge in [-0.3, -0.25) is 4.98 Å². The van der Waals surface area contributed by atoms with Gasteiger partial charge in [0.05, 0.1) is 26.0 Å². The van der Waals surface area contributed by atoms with Gasteiger partial charge < -0.3 is 14.6 Å². The molecule has 0 amide bonds. The first-order chi connectivity index (χ1) is 9.15. The molecule has 0 aliphatic carbocycles. The van der Waals surface area contributed by atoms with Gasteiger partial charge in [0.25, 0.3) is 0 Å². The van der Waals surface area contributed by atoms with Crippen LogP contribution in [0.3, 0.4) is 0 Å².